The molecule has 2 aromatic carbocycles. The monoisotopic (exact) mass is 386 g/mol. The van der Waals surface area contributed by atoms with Crippen LogP contribution in [0, 0.1) is 24.0 Å². The van der Waals surface area contributed by atoms with E-state index < -0.39 is 20.6 Å². The van der Waals surface area contributed by atoms with E-state index in [9.17, 15) is 18.5 Å². The standard InChI is InChI=1S/C18H18N4O4S/c1-13-10-14(2)21(19-13)12-15-6-5-7-16(11-15)20-27(25,26)18-9-4-3-8-17(18)22(23)24/h3-11,20H,12H2,1-2H3. The van der Waals surface area contributed by atoms with E-state index in [4.69, 9.17) is 0 Å². The lowest BCUT2D eigenvalue weighted by atomic mass is 10.2. The van der Waals surface area contributed by atoms with Gasteiger partial charge in [0.15, 0.2) is 4.90 Å². The smallest absolute Gasteiger partial charge is 0.279 e. The lowest BCUT2D eigenvalue weighted by molar-refractivity contribution is -0.387. The van der Waals surface area contributed by atoms with Crippen LogP contribution in [0.15, 0.2) is 59.5 Å². The lowest BCUT2D eigenvalue weighted by Crippen LogP contribution is -2.15. The summed E-state index contributed by atoms with van der Waals surface area (Å²) < 4.78 is 29.5. The van der Waals surface area contributed by atoms with Gasteiger partial charge in [-0.05, 0) is 43.7 Å². The number of nitro groups is 1. The van der Waals surface area contributed by atoms with Gasteiger partial charge in [0.25, 0.3) is 15.7 Å². The van der Waals surface area contributed by atoms with E-state index >= 15 is 0 Å². The zero-order valence-electron chi connectivity index (χ0n) is 14.8. The first kappa shape index (κ1) is 18.6. The topological polar surface area (TPSA) is 107 Å². The van der Waals surface area contributed by atoms with Crippen molar-refractivity contribution in [2.45, 2.75) is 25.3 Å². The number of aromatic nitrogens is 2. The largest absolute Gasteiger partial charge is 0.289 e. The molecular formula is C18H18N4O4S. The lowest BCUT2D eigenvalue weighted by Gasteiger charge is -2.10. The summed E-state index contributed by atoms with van der Waals surface area (Å²) in [4.78, 5) is 10.0. The highest BCUT2D eigenvalue weighted by Crippen LogP contribution is 2.25. The number of sulfonamides is 1. The van der Waals surface area contributed by atoms with Crippen molar-refractivity contribution in [1.29, 1.82) is 0 Å². The maximum absolute atomic E-state index is 12.6. The first-order valence-corrected chi connectivity index (χ1v) is 9.61. The molecule has 1 aromatic heterocycles. The van der Waals surface area contributed by atoms with Crippen molar-refractivity contribution in [3.63, 3.8) is 0 Å². The van der Waals surface area contributed by atoms with Crippen LogP contribution >= 0.6 is 0 Å². The second kappa shape index (κ2) is 7.20. The van der Waals surface area contributed by atoms with Gasteiger partial charge in [-0.15, -0.1) is 0 Å². The minimum Gasteiger partial charge on any atom is -0.279 e. The molecule has 0 aliphatic rings. The molecule has 0 fully saturated rings. The molecule has 0 saturated heterocycles. The molecule has 8 nitrogen and oxygen atoms in total. The Morgan fingerprint density at radius 1 is 1.11 bits per heavy atom. The molecule has 0 radical (unpaired) electrons. The Kier molecular flexibility index (Phi) is 4.95. The van der Waals surface area contributed by atoms with E-state index in [-0.39, 0.29) is 4.90 Å². The van der Waals surface area contributed by atoms with Gasteiger partial charge < -0.3 is 0 Å². The van der Waals surface area contributed by atoms with E-state index in [1.165, 1.54) is 18.2 Å². The molecule has 1 heterocycles. The fourth-order valence-corrected chi connectivity index (χ4v) is 4.01. The minimum atomic E-state index is -4.10. The number of rotatable bonds is 6. The number of nitrogens with one attached hydrogen (secondary N) is 1. The number of hydrogen-bond acceptors (Lipinski definition) is 5. The van der Waals surface area contributed by atoms with Gasteiger partial charge in [0.05, 0.1) is 17.2 Å². The number of para-hydroxylation sites is 1. The Bertz CT molecular complexity index is 1110. The summed E-state index contributed by atoms with van der Waals surface area (Å²) in [7, 11) is -4.10. The van der Waals surface area contributed by atoms with Crippen molar-refractivity contribution in [1.82, 2.24) is 9.78 Å². The number of nitrogens with zero attached hydrogens (tertiary/aromatic N) is 3. The maximum atomic E-state index is 12.6. The quantitative estimate of drug-likeness (QED) is 0.517. The van der Waals surface area contributed by atoms with Gasteiger partial charge in [0.1, 0.15) is 0 Å². The third-order valence-corrected chi connectivity index (χ3v) is 5.40. The number of hydrogen-bond donors (Lipinski definition) is 1. The van der Waals surface area contributed by atoms with Crippen molar-refractivity contribution < 1.29 is 13.3 Å². The second-order valence-electron chi connectivity index (χ2n) is 6.12. The maximum Gasteiger partial charge on any atom is 0.289 e. The van der Waals surface area contributed by atoms with Crippen LogP contribution < -0.4 is 4.72 Å². The van der Waals surface area contributed by atoms with Gasteiger partial charge >= 0.3 is 0 Å². The molecule has 27 heavy (non-hydrogen) atoms. The molecule has 1 N–H and O–H groups in total. The van der Waals surface area contributed by atoms with Crippen LogP contribution in [0.25, 0.3) is 0 Å². The van der Waals surface area contributed by atoms with Crippen LogP contribution in [-0.2, 0) is 16.6 Å². The fraction of sp³-hybridized carbons (Fsp3) is 0.167. The summed E-state index contributed by atoms with van der Waals surface area (Å²) >= 11 is 0. The van der Waals surface area contributed by atoms with Crippen LogP contribution in [0.3, 0.4) is 0 Å². The van der Waals surface area contributed by atoms with E-state index in [1.54, 1.807) is 18.2 Å². The average molecular weight is 386 g/mol. The zero-order valence-corrected chi connectivity index (χ0v) is 15.6. The van der Waals surface area contributed by atoms with Crippen molar-refractivity contribution in [3.05, 3.63) is 81.7 Å². The summed E-state index contributed by atoms with van der Waals surface area (Å²) in [6, 6.07) is 14.1. The summed E-state index contributed by atoms with van der Waals surface area (Å²) in [5, 5.41) is 15.5. The van der Waals surface area contributed by atoms with Crippen LogP contribution in [0.5, 0.6) is 0 Å². The second-order valence-corrected chi connectivity index (χ2v) is 7.77. The predicted octanol–water partition coefficient (Wildman–Crippen LogP) is 3.26. The molecule has 0 bridgehead atoms. The molecule has 3 aromatic rings. The highest BCUT2D eigenvalue weighted by Gasteiger charge is 2.25. The average Bonchev–Trinajstić information content (AvgIpc) is 2.92. The van der Waals surface area contributed by atoms with Gasteiger partial charge in [-0.25, -0.2) is 8.42 Å². The van der Waals surface area contributed by atoms with Crippen molar-refractivity contribution in [2.75, 3.05) is 4.72 Å². The van der Waals surface area contributed by atoms with Crippen molar-refractivity contribution in [3.8, 4) is 0 Å². The van der Waals surface area contributed by atoms with Crippen molar-refractivity contribution >= 4 is 21.4 Å². The molecule has 0 amide bonds. The number of benzene rings is 2. The zero-order chi connectivity index (χ0) is 19.6. The molecule has 0 aliphatic carbocycles. The third kappa shape index (κ3) is 4.14. The molecule has 0 saturated carbocycles. The van der Waals surface area contributed by atoms with Crippen LogP contribution in [0.2, 0.25) is 0 Å². The number of anilines is 1. The van der Waals surface area contributed by atoms with Crippen molar-refractivity contribution in [2.24, 2.45) is 0 Å². The first-order valence-electron chi connectivity index (χ1n) is 8.12. The molecule has 9 heteroatoms. The Hall–Kier alpha value is -3.20. The molecule has 0 spiro atoms. The third-order valence-electron chi connectivity index (χ3n) is 3.97. The Morgan fingerprint density at radius 3 is 2.52 bits per heavy atom. The van der Waals surface area contributed by atoms with Crippen LogP contribution in [-0.4, -0.2) is 23.1 Å². The highest BCUT2D eigenvalue weighted by molar-refractivity contribution is 7.92. The molecule has 0 aliphatic heterocycles. The molecule has 140 valence electrons. The molecule has 3 rings (SSSR count). The van der Waals surface area contributed by atoms with Gasteiger partial charge in [0.2, 0.25) is 0 Å². The SMILES string of the molecule is Cc1cc(C)n(Cc2cccc(NS(=O)(=O)c3ccccc3[N+](=O)[O-])c2)n1. The van der Waals surface area contributed by atoms with E-state index in [0.717, 1.165) is 23.0 Å². The molecule has 0 unspecified atom stereocenters. The number of aryl methyl sites for hydroxylation is 2. The van der Waals surface area contributed by atoms with E-state index in [2.05, 4.69) is 9.82 Å². The van der Waals surface area contributed by atoms with E-state index in [1.807, 2.05) is 30.7 Å². The molecular weight excluding hydrogens is 368 g/mol. The Morgan fingerprint density at radius 2 is 1.85 bits per heavy atom. The summed E-state index contributed by atoms with van der Waals surface area (Å²) in [6.45, 7) is 4.34. The minimum absolute atomic E-state index is 0.326. The first-order chi connectivity index (χ1) is 12.8. The van der Waals surface area contributed by atoms with Gasteiger partial charge in [-0.1, -0.05) is 24.3 Å². The van der Waals surface area contributed by atoms with Gasteiger partial charge in [0, 0.05) is 17.4 Å². The van der Waals surface area contributed by atoms with Gasteiger partial charge in [-0.3, -0.25) is 19.5 Å². The van der Waals surface area contributed by atoms with Crippen LogP contribution in [0.4, 0.5) is 11.4 Å². The van der Waals surface area contributed by atoms with Gasteiger partial charge in [-0.2, -0.15) is 5.10 Å². The Balaban J connectivity index is 1.88. The summed E-state index contributed by atoms with van der Waals surface area (Å²) in [5.41, 5.74) is 2.61. The highest BCUT2D eigenvalue weighted by atomic mass is 32.2. The van der Waals surface area contributed by atoms with E-state index in [0.29, 0.717) is 12.2 Å². The summed E-state index contributed by atoms with van der Waals surface area (Å²) in [6.07, 6.45) is 0. The van der Waals surface area contributed by atoms with Crippen LogP contribution in [0.1, 0.15) is 17.0 Å². The normalized spacial score (nSPS) is 11.3. The molecule has 0 atom stereocenters. The Labute approximate surface area is 156 Å². The fourth-order valence-electron chi connectivity index (χ4n) is 2.79. The predicted molar refractivity (Wildman–Crippen MR) is 101 cm³/mol. The number of nitro benzene ring substituents is 1. The summed E-state index contributed by atoms with van der Waals surface area (Å²) in [5.74, 6) is 0.